The molecule has 0 aromatic heterocycles. The molecule has 21 heavy (non-hydrogen) atoms. The first kappa shape index (κ1) is 14.3. The van der Waals surface area contributed by atoms with Crippen molar-refractivity contribution in [2.24, 2.45) is 0 Å². The highest BCUT2D eigenvalue weighted by Crippen LogP contribution is 2.37. The Morgan fingerprint density at radius 3 is 2.86 bits per heavy atom. The molecule has 0 fully saturated rings. The lowest BCUT2D eigenvalue weighted by Gasteiger charge is -2.11. The molecule has 1 unspecified atom stereocenters. The van der Waals surface area contributed by atoms with Crippen LogP contribution in [0.15, 0.2) is 47.4 Å². The van der Waals surface area contributed by atoms with Gasteiger partial charge in [0.2, 0.25) is 0 Å². The number of hydrogen-bond donors (Lipinski definition) is 1. The maximum Gasteiger partial charge on any atom is 0.341 e. The molecule has 1 aliphatic heterocycles. The molecule has 3 nitrogen and oxygen atoms in total. The fourth-order valence-corrected chi connectivity index (χ4v) is 3.82. The van der Waals surface area contributed by atoms with E-state index in [9.17, 15) is 4.79 Å². The number of esters is 1. The molecule has 2 aromatic carbocycles. The van der Waals surface area contributed by atoms with E-state index in [1.807, 2.05) is 12.1 Å². The van der Waals surface area contributed by atoms with E-state index >= 15 is 0 Å². The number of nitrogen functional groups attached to an aromatic ring is 1. The van der Waals surface area contributed by atoms with Crippen molar-refractivity contribution in [3.05, 3.63) is 58.6 Å². The van der Waals surface area contributed by atoms with Gasteiger partial charge in [0.25, 0.3) is 0 Å². The number of anilines is 1. The number of carbonyl (C=O) groups excluding carboxylic acids is 1. The number of halogens is 1. The summed E-state index contributed by atoms with van der Waals surface area (Å²) in [5, 5.41) is 0.567. The van der Waals surface area contributed by atoms with Crippen LogP contribution in [0.4, 0.5) is 5.69 Å². The molecule has 1 atom stereocenters. The van der Waals surface area contributed by atoms with Crippen molar-refractivity contribution in [2.75, 3.05) is 12.3 Å². The van der Waals surface area contributed by atoms with Crippen LogP contribution in [0.5, 0.6) is 0 Å². The second-order valence-electron chi connectivity index (χ2n) is 4.85. The van der Waals surface area contributed by atoms with E-state index in [2.05, 4.69) is 12.1 Å². The summed E-state index contributed by atoms with van der Waals surface area (Å²) in [6.45, 7) is 0.350. The maximum atomic E-state index is 12.1. The Hall–Kier alpha value is -1.65. The van der Waals surface area contributed by atoms with E-state index in [1.54, 1.807) is 30.0 Å². The van der Waals surface area contributed by atoms with Crippen LogP contribution < -0.4 is 5.73 Å². The first-order valence-electron chi connectivity index (χ1n) is 6.61. The van der Waals surface area contributed by atoms with Crippen LogP contribution in [-0.4, -0.2) is 17.8 Å². The monoisotopic (exact) mass is 319 g/mol. The molecule has 2 N–H and O–H groups in total. The fraction of sp³-hybridized carbons (Fsp3) is 0.188. The minimum Gasteiger partial charge on any atom is -0.461 e. The maximum absolute atomic E-state index is 12.1. The Bertz CT molecular complexity index is 644. The smallest absolute Gasteiger partial charge is 0.341 e. The van der Waals surface area contributed by atoms with Crippen LogP contribution in [0.25, 0.3) is 0 Å². The van der Waals surface area contributed by atoms with Gasteiger partial charge in [-0.05, 0) is 30.2 Å². The molecular weight excluding hydrogens is 306 g/mol. The van der Waals surface area contributed by atoms with Gasteiger partial charge < -0.3 is 10.5 Å². The highest BCUT2D eigenvalue weighted by molar-refractivity contribution is 8.00. The van der Waals surface area contributed by atoms with Gasteiger partial charge in [0, 0.05) is 15.8 Å². The van der Waals surface area contributed by atoms with Gasteiger partial charge in [-0.15, -0.1) is 11.8 Å². The largest absolute Gasteiger partial charge is 0.461 e. The third-order valence-corrected chi connectivity index (χ3v) is 4.97. The van der Waals surface area contributed by atoms with Crippen molar-refractivity contribution in [3.8, 4) is 0 Å². The highest BCUT2D eigenvalue weighted by atomic mass is 35.5. The number of nitrogens with two attached hydrogens (primary N) is 1. The predicted octanol–water partition coefficient (Wildman–Crippen LogP) is 3.80. The average molecular weight is 320 g/mol. The zero-order chi connectivity index (χ0) is 14.8. The summed E-state index contributed by atoms with van der Waals surface area (Å²) in [6.07, 6.45) is 0.909. The van der Waals surface area contributed by atoms with E-state index in [0.717, 1.165) is 6.42 Å². The molecule has 1 heterocycles. The standard InChI is InChI=1S/C16H14ClNO2S/c17-12-5-3-6-13(18)15(12)16(19)20-9-11-8-10-4-1-2-7-14(10)21-11/h1-7,11H,8-9,18H2. The summed E-state index contributed by atoms with van der Waals surface area (Å²) in [4.78, 5) is 13.4. The molecule has 0 saturated carbocycles. The molecule has 0 amide bonds. The van der Waals surface area contributed by atoms with E-state index in [-0.39, 0.29) is 10.8 Å². The van der Waals surface area contributed by atoms with Gasteiger partial charge in [0.15, 0.2) is 0 Å². The Labute approximate surface area is 132 Å². The summed E-state index contributed by atoms with van der Waals surface area (Å²) in [5.41, 5.74) is 7.68. The number of hydrogen-bond acceptors (Lipinski definition) is 4. The molecule has 0 aliphatic carbocycles. The van der Waals surface area contributed by atoms with Crippen molar-refractivity contribution in [3.63, 3.8) is 0 Å². The Kier molecular flexibility index (Phi) is 4.08. The molecule has 108 valence electrons. The van der Waals surface area contributed by atoms with Crippen LogP contribution in [0, 0.1) is 0 Å². The van der Waals surface area contributed by atoms with Crippen LogP contribution in [0.1, 0.15) is 15.9 Å². The van der Waals surface area contributed by atoms with E-state index in [1.165, 1.54) is 10.5 Å². The second kappa shape index (κ2) is 6.00. The van der Waals surface area contributed by atoms with E-state index in [4.69, 9.17) is 22.1 Å². The van der Waals surface area contributed by atoms with Gasteiger partial charge in [-0.2, -0.15) is 0 Å². The highest BCUT2D eigenvalue weighted by Gasteiger charge is 2.24. The number of fused-ring (bicyclic) bond motifs is 1. The summed E-state index contributed by atoms with van der Waals surface area (Å²) >= 11 is 7.75. The molecule has 0 saturated heterocycles. The minimum atomic E-state index is -0.463. The molecule has 0 bridgehead atoms. The lowest BCUT2D eigenvalue weighted by atomic mass is 10.1. The Balaban J connectivity index is 1.63. The van der Waals surface area contributed by atoms with Crippen LogP contribution in [0.2, 0.25) is 5.02 Å². The number of benzene rings is 2. The van der Waals surface area contributed by atoms with E-state index < -0.39 is 5.97 Å². The van der Waals surface area contributed by atoms with Crippen molar-refractivity contribution < 1.29 is 9.53 Å². The SMILES string of the molecule is Nc1cccc(Cl)c1C(=O)OCC1Cc2ccccc2S1. The van der Waals surface area contributed by atoms with Crippen molar-refractivity contribution >= 4 is 35.0 Å². The lowest BCUT2D eigenvalue weighted by molar-refractivity contribution is 0.0508. The first-order valence-corrected chi connectivity index (χ1v) is 7.86. The van der Waals surface area contributed by atoms with Crippen LogP contribution in [0.3, 0.4) is 0 Å². The van der Waals surface area contributed by atoms with Crippen LogP contribution >= 0.6 is 23.4 Å². The van der Waals surface area contributed by atoms with Gasteiger partial charge in [-0.25, -0.2) is 4.79 Å². The number of carbonyl (C=O) groups is 1. The fourth-order valence-electron chi connectivity index (χ4n) is 2.34. The Morgan fingerprint density at radius 1 is 1.29 bits per heavy atom. The number of rotatable bonds is 3. The third-order valence-electron chi connectivity index (χ3n) is 3.36. The molecule has 2 aromatic rings. The molecule has 1 aliphatic rings. The second-order valence-corrected chi connectivity index (χ2v) is 6.60. The topological polar surface area (TPSA) is 52.3 Å². The van der Waals surface area contributed by atoms with Gasteiger partial charge >= 0.3 is 5.97 Å². The predicted molar refractivity (Wildman–Crippen MR) is 85.9 cm³/mol. The summed E-state index contributed by atoms with van der Waals surface area (Å²) in [7, 11) is 0. The molecule has 5 heteroatoms. The van der Waals surface area contributed by atoms with Gasteiger partial charge in [0.1, 0.15) is 12.2 Å². The van der Waals surface area contributed by atoms with Crippen molar-refractivity contribution in [2.45, 2.75) is 16.6 Å². The van der Waals surface area contributed by atoms with Gasteiger partial charge in [-0.1, -0.05) is 35.9 Å². The molecule has 0 radical (unpaired) electrons. The van der Waals surface area contributed by atoms with Crippen molar-refractivity contribution in [1.82, 2.24) is 0 Å². The third kappa shape index (κ3) is 3.01. The van der Waals surface area contributed by atoms with Crippen LogP contribution in [-0.2, 0) is 11.2 Å². The summed E-state index contributed by atoms with van der Waals surface area (Å²) < 4.78 is 5.38. The Morgan fingerprint density at radius 2 is 2.10 bits per heavy atom. The van der Waals surface area contributed by atoms with Crippen molar-refractivity contribution in [1.29, 1.82) is 0 Å². The van der Waals surface area contributed by atoms with Gasteiger partial charge in [-0.3, -0.25) is 0 Å². The normalized spacial score (nSPS) is 16.5. The lowest BCUT2D eigenvalue weighted by Crippen LogP contribution is -2.17. The zero-order valence-corrected chi connectivity index (χ0v) is 12.8. The van der Waals surface area contributed by atoms with E-state index in [0.29, 0.717) is 17.3 Å². The quantitative estimate of drug-likeness (QED) is 0.690. The number of thioether (sulfide) groups is 1. The summed E-state index contributed by atoms with van der Waals surface area (Å²) in [5.74, 6) is -0.463. The number of ether oxygens (including phenoxy) is 1. The molecule has 0 spiro atoms. The van der Waals surface area contributed by atoms with Gasteiger partial charge in [0.05, 0.1) is 5.02 Å². The molecule has 3 rings (SSSR count). The first-order chi connectivity index (χ1) is 10.1. The zero-order valence-electron chi connectivity index (χ0n) is 11.2. The molecular formula is C16H14ClNO2S. The summed E-state index contributed by atoms with van der Waals surface area (Å²) in [6, 6.07) is 13.2. The minimum absolute atomic E-state index is 0.245. The average Bonchev–Trinajstić information content (AvgIpc) is 2.87.